The van der Waals surface area contributed by atoms with Crippen LogP contribution in [0.5, 0.6) is 0 Å². The summed E-state index contributed by atoms with van der Waals surface area (Å²) >= 11 is 0. The van der Waals surface area contributed by atoms with Crippen LogP contribution in [0.4, 0.5) is 4.39 Å². The highest BCUT2D eigenvalue weighted by atomic mass is 19.1. The number of halogens is 1. The van der Waals surface area contributed by atoms with Crippen LogP contribution in [0.2, 0.25) is 0 Å². The maximum atomic E-state index is 13.9. The van der Waals surface area contributed by atoms with Crippen LogP contribution in [0.15, 0.2) is 41.2 Å². The number of aryl methyl sites for hydroxylation is 1. The highest BCUT2D eigenvalue weighted by Crippen LogP contribution is 2.29. The van der Waals surface area contributed by atoms with E-state index in [-0.39, 0.29) is 35.6 Å². The molecule has 5 nitrogen and oxygen atoms in total. The van der Waals surface area contributed by atoms with Gasteiger partial charge in [-0.2, -0.15) is 5.10 Å². The van der Waals surface area contributed by atoms with Crippen molar-refractivity contribution in [2.24, 2.45) is 0 Å². The zero-order valence-electron chi connectivity index (χ0n) is 13.6. The van der Waals surface area contributed by atoms with Gasteiger partial charge in [-0.3, -0.25) is 9.59 Å². The van der Waals surface area contributed by atoms with Gasteiger partial charge in [0.05, 0.1) is 0 Å². The molecular formula is C18H20FN3O2. The standard InChI is InChI=1S/C18H20FN3O2/c1-2-11-22-17(23)10-9-16(20-22)18(24)21(14-7-8-14)12-13-5-3-4-6-15(13)19/h3-6,9-10,14H,2,7-8,11-12H2,1H3. The fraction of sp³-hybridized carbons (Fsp3) is 0.389. The molecule has 0 bridgehead atoms. The van der Waals surface area contributed by atoms with E-state index in [2.05, 4.69) is 5.10 Å². The van der Waals surface area contributed by atoms with Gasteiger partial charge in [-0.1, -0.05) is 25.1 Å². The third-order valence-corrected chi connectivity index (χ3v) is 4.07. The molecule has 0 saturated heterocycles. The Hall–Kier alpha value is -2.50. The monoisotopic (exact) mass is 329 g/mol. The molecule has 1 aliphatic rings. The number of nitrogens with zero attached hydrogens (tertiary/aromatic N) is 3. The summed E-state index contributed by atoms with van der Waals surface area (Å²) in [5.41, 5.74) is 0.492. The van der Waals surface area contributed by atoms with Crippen LogP contribution in [-0.4, -0.2) is 26.6 Å². The Morgan fingerprint density at radius 1 is 1.29 bits per heavy atom. The number of benzene rings is 1. The Balaban J connectivity index is 1.86. The second kappa shape index (κ2) is 6.95. The van der Waals surface area contributed by atoms with Crippen molar-refractivity contribution in [3.63, 3.8) is 0 Å². The third-order valence-electron chi connectivity index (χ3n) is 4.07. The van der Waals surface area contributed by atoms with Gasteiger partial charge >= 0.3 is 0 Å². The van der Waals surface area contributed by atoms with E-state index >= 15 is 0 Å². The molecule has 0 spiro atoms. The van der Waals surface area contributed by atoms with Gasteiger partial charge in [-0.05, 0) is 31.4 Å². The van der Waals surface area contributed by atoms with Crippen molar-refractivity contribution < 1.29 is 9.18 Å². The molecule has 1 saturated carbocycles. The van der Waals surface area contributed by atoms with E-state index in [1.807, 2.05) is 6.92 Å². The number of aromatic nitrogens is 2. The summed E-state index contributed by atoms with van der Waals surface area (Å²) in [6.07, 6.45) is 2.58. The first-order valence-corrected chi connectivity index (χ1v) is 8.22. The molecule has 1 aromatic heterocycles. The highest BCUT2D eigenvalue weighted by molar-refractivity contribution is 5.92. The Kier molecular flexibility index (Phi) is 4.74. The van der Waals surface area contributed by atoms with Crippen molar-refractivity contribution in [2.45, 2.75) is 45.3 Å². The second-order valence-corrected chi connectivity index (χ2v) is 6.04. The summed E-state index contributed by atoms with van der Waals surface area (Å²) in [7, 11) is 0. The normalized spacial score (nSPS) is 13.8. The number of amides is 1. The molecule has 24 heavy (non-hydrogen) atoms. The minimum Gasteiger partial charge on any atom is -0.330 e. The second-order valence-electron chi connectivity index (χ2n) is 6.04. The maximum Gasteiger partial charge on any atom is 0.274 e. The first kappa shape index (κ1) is 16.4. The molecule has 1 aromatic carbocycles. The van der Waals surface area contributed by atoms with E-state index in [0.29, 0.717) is 12.1 Å². The predicted molar refractivity (Wildman–Crippen MR) is 88.1 cm³/mol. The van der Waals surface area contributed by atoms with Gasteiger partial charge < -0.3 is 4.90 Å². The lowest BCUT2D eigenvalue weighted by atomic mass is 10.2. The Bertz CT molecular complexity index is 799. The molecule has 6 heteroatoms. The van der Waals surface area contributed by atoms with Crippen LogP contribution < -0.4 is 5.56 Å². The molecule has 1 fully saturated rings. The number of hydrogen-bond acceptors (Lipinski definition) is 3. The van der Waals surface area contributed by atoms with Crippen molar-refractivity contribution in [3.8, 4) is 0 Å². The third kappa shape index (κ3) is 3.53. The summed E-state index contributed by atoms with van der Waals surface area (Å²) < 4.78 is 15.2. The summed E-state index contributed by atoms with van der Waals surface area (Å²) in [6.45, 7) is 2.62. The van der Waals surface area contributed by atoms with Crippen molar-refractivity contribution >= 4 is 5.91 Å². The smallest absolute Gasteiger partial charge is 0.274 e. The Morgan fingerprint density at radius 3 is 2.71 bits per heavy atom. The van der Waals surface area contributed by atoms with Gasteiger partial charge in [0.2, 0.25) is 0 Å². The van der Waals surface area contributed by atoms with Gasteiger partial charge in [0.25, 0.3) is 11.5 Å². The first-order chi connectivity index (χ1) is 11.6. The van der Waals surface area contributed by atoms with Crippen molar-refractivity contribution in [1.29, 1.82) is 0 Å². The van der Waals surface area contributed by atoms with E-state index in [0.717, 1.165) is 19.3 Å². The quantitative estimate of drug-likeness (QED) is 0.818. The van der Waals surface area contributed by atoms with Crippen LogP contribution in [-0.2, 0) is 13.1 Å². The predicted octanol–water partition coefficient (Wildman–Crippen LogP) is 2.60. The van der Waals surface area contributed by atoms with Crippen molar-refractivity contribution in [1.82, 2.24) is 14.7 Å². The fourth-order valence-corrected chi connectivity index (χ4v) is 2.65. The van der Waals surface area contributed by atoms with E-state index in [1.165, 1.54) is 22.9 Å². The molecule has 3 rings (SSSR count). The molecule has 0 radical (unpaired) electrons. The van der Waals surface area contributed by atoms with E-state index < -0.39 is 0 Å². The van der Waals surface area contributed by atoms with E-state index in [4.69, 9.17) is 0 Å². The molecule has 126 valence electrons. The van der Waals surface area contributed by atoms with Crippen LogP contribution in [0.1, 0.15) is 42.2 Å². The van der Waals surface area contributed by atoms with Gasteiger partial charge in [-0.25, -0.2) is 9.07 Å². The van der Waals surface area contributed by atoms with Gasteiger partial charge in [0.1, 0.15) is 11.5 Å². The summed E-state index contributed by atoms with van der Waals surface area (Å²) in [4.78, 5) is 26.3. The lowest BCUT2D eigenvalue weighted by Gasteiger charge is -2.22. The lowest BCUT2D eigenvalue weighted by Crippen LogP contribution is -2.35. The Morgan fingerprint density at radius 2 is 2.04 bits per heavy atom. The summed E-state index contributed by atoms with van der Waals surface area (Å²) in [6, 6.07) is 9.40. The molecule has 1 heterocycles. The molecular weight excluding hydrogens is 309 g/mol. The van der Waals surface area contributed by atoms with Gasteiger partial charge in [0.15, 0.2) is 0 Å². The largest absolute Gasteiger partial charge is 0.330 e. The lowest BCUT2D eigenvalue weighted by molar-refractivity contribution is 0.0719. The van der Waals surface area contributed by atoms with Gasteiger partial charge in [-0.15, -0.1) is 0 Å². The molecule has 1 aliphatic carbocycles. The number of hydrogen-bond donors (Lipinski definition) is 0. The number of rotatable bonds is 6. The molecule has 0 aliphatic heterocycles. The van der Waals surface area contributed by atoms with Crippen LogP contribution in [0.3, 0.4) is 0 Å². The summed E-state index contributed by atoms with van der Waals surface area (Å²) in [5, 5.41) is 4.18. The topological polar surface area (TPSA) is 55.2 Å². The highest BCUT2D eigenvalue weighted by Gasteiger charge is 2.34. The average molecular weight is 329 g/mol. The van der Waals surface area contributed by atoms with E-state index in [1.54, 1.807) is 23.1 Å². The van der Waals surface area contributed by atoms with Gasteiger partial charge in [0, 0.05) is 30.8 Å². The van der Waals surface area contributed by atoms with Crippen molar-refractivity contribution in [2.75, 3.05) is 0 Å². The zero-order valence-corrected chi connectivity index (χ0v) is 13.6. The molecule has 0 atom stereocenters. The average Bonchev–Trinajstić information content (AvgIpc) is 3.40. The van der Waals surface area contributed by atoms with Crippen molar-refractivity contribution in [3.05, 3.63) is 63.8 Å². The minimum atomic E-state index is -0.320. The van der Waals surface area contributed by atoms with Crippen LogP contribution >= 0.6 is 0 Å². The zero-order chi connectivity index (χ0) is 17.1. The maximum absolute atomic E-state index is 13.9. The molecule has 2 aromatic rings. The SMILES string of the molecule is CCCn1nc(C(=O)N(Cc2ccccc2F)C2CC2)ccc1=O. The van der Waals surface area contributed by atoms with Crippen LogP contribution in [0.25, 0.3) is 0 Å². The minimum absolute atomic E-state index is 0.116. The molecule has 1 amide bonds. The van der Waals surface area contributed by atoms with Crippen LogP contribution in [0, 0.1) is 5.82 Å². The van der Waals surface area contributed by atoms with E-state index in [9.17, 15) is 14.0 Å². The molecule has 0 N–H and O–H groups in total. The number of carbonyl (C=O) groups is 1. The Labute approximate surface area is 139 Å². The first-order valence-electron chi connectivity index (χ1n) is 8.22. The molecule has 0 unspecified atom stereocenters. The summed E-state index contributed by atoms with van der Waals surface area (Å²) in [5.74, 6) is -0.578. The fourth-order valence-electron chi connectivity index (χ4n) is 2.65. The number of carbonyl (C=O) groups excluding carboxylic acids is 1.